The van der Waals surface area contributed by atoms with Crippen LogP contribution in [0.15, 0.2) is 24.3 Å². The number of hydrogen-bond donors (Lipinski definition) is 2. The van der Waals surface area contributed by atoms with Crippen LogP contribution >= 0.6 is 0 Å². The molecule has 2 N–H and O–H groups in total. The third kappa shape index (κ3) is 5.11. The summed E-state index contributed by atoms with van der Waals surface area (Å²) in [6.07, 6.45) is 0.947. The minimum absolute atomic E-state index is 0.0442. The first-order chi connectivity index (χ1) is 12.1. The molecule has 1 aromatic carbocycles. The molecule has 1 atom stereocenters. The van der Waals surface area contributed by atoms with Gasteiger partial charge in [0, 0.05) is 0 Å². The van der Waals surface area contributed by atoms with E-state index in [1.54, 1.807) is 6.92 Å². The number of carboxylic acids is 1. The first-order valence-electron chi connectivity index (χ1n) is 8.30. The number of halogens is 1. The smallest absolute Gasteiger partial charge is 0.326 e. The first kappa shape index (κ1) is 19.6. The van der Waals surface area contributed by atoms with Crippen molar-refractivity contribution < 1.29 is 19.1 Å². The Morgan fingerprint density at radius 3 is 2.42 bits per heavy atom. The fourth-order valence-corrected chi connectivity index (χ4v) is 2.37. The average Bonchev–Trinajstić information content (AvgIpc) is 2.93. The Labute approximate surface area is 151 Å². The van der Waals surface area contributed by atoms with Crippen LogP contribution in [0.1, 0.15) is 50.1 Å². The van der Waals surface area contributed by atoms with Crippen molar-refractivity contribution in [1.82, 2.24) is 20.1 Å². The van der Waals surface area contributed by atoms with E-state index in [1.807, 2.05) is 20.8 Å². The van der Waals surface area contributed by atoms with Gasteiger partial charge in [-0.2, -0.15) is 0 Å². The number of benzene rings is 1. The highest BCUT2D eigenvalue weighted by Gasteiger charge is 2.25. The molecule has 0 fully saturated rings. The number of aryl methyl sites for hydroxylation is 1. The van der Waals surface area contributed by atoms with Crippen molar-refractivity contribution in [3.63, 3.8) is 0 Å². The van der Waals surface area contributed by atoms with Gasteiger partial charge in [0.2, 0.25) is 5.82 Å². The summed E-state index contributed by atoms with van der Waals surface area (Å²) in [7, 11) is 0. The maximum Gasteiger partial charge on any atom is 0.326 e. The van der Waals surface area contributed by atoms with E-state index in [9.17, 15) is 19.1 Å². The predicted molar refractivity (Wildman–Crippen MR) is 93.6 cm³/mol. The van der Waals surface area contributed by atoms with Crippen LogP contribution in [0.3, 0.4) is 0 Å². The molecular weight excluding hydrogens is 339 g/mol. The second-order valence-electron chi connectivity index (χ2n) is 7.33. The lowest BCUT2D eigenvalue weighted by atomic mass is 9.88. The SMILES string of the molecule is Cc1nc(C(=O)NC(CCC(C)(C)C)C(=O)O)nn1-c1ccc(F)cc1. The van der Waals surface area contributed by atoms with E-state index in [-0.39, 0.29) is 17.1 Å². The molecule has 0 saturated carbocycles. The molecule has 0 aliphatic carbocycles. The number of aromatic nitrogens is 3. The Morgan fingerprint density at radius 1 is 1.27 bits per heavy atom. The van der Waals surface area contributed by atoms with E-state index < -0.39 is 17.9 Å². The quantitative estimate of drug-likeness (QED) is 0.823. The molecule has 8 heteroatoms. The summed E-state index contributed by atoms with van der Waals surface area (Å²) >= 11 is 0. The highest BCUT2D eigenvalue weighted by atomic mass is 19.1. The van der Waals surface area contributed by atoms with Gasteiger partial charge in [-0.05, 0) is 49.4 Å². The normalized spacial score (nSPS) is 12.7. The Hall–Kier alpha value is -2.77. The molecule has 7 nitrogen and oxygen atoms in total. The molecule has 0 aliphatic rings. The molecular formula is C18H23FN4O3. The van der Waals surface area contributed by atoms with Gasteiger partial charge in [0.1, 0.15) is 17.7 Å². The van der Waals surface area contributed by atoms with Crippen LogP contribution in [0.2, 0.25) is 0 Å². The summed E-state index contributed by atoms with van der Waals surface area (Å²) in [4.78, 5) is 27.9. The Balaban J connectivity index is 2.15. The Kier molecular flexibility index (Phi) is 5.74. The van der Waals surface area contributed by atoms with Gasteiger partial charge in [-0.15, -0.1) is 5.10 Å². The molecule has 0 bridgehead atoms. The summed E-state index contributed by atoms with van der Waals surface area (Å²) in [5.74, 6) is -1.84. The fraction of sp³-hybridized carbons (Fsp3) is 0.444. The molecule has 1 unspecified atom stereocenters. The summed E-state index contributed by atoms with van der Waals surface area (Å²) in [5, 5.41) is 15.9. The monoisotopic (exact) mass is 362 g/mol. The van der Waals surface area contributed by atoms with E-state index in [4.69, 9.17) is 0 Å². The lowest BCUT2D eigenvalue weighted by Crippen LogP contribution is -2.41. The van der Waals surface area contributed by atoms with Gasteiger partial charge in [0.05, 0.1) is 5.69 Å². The number of aliphatic carboxylic acids is 1. The fourth-order valence-electron chi connectivity index (χ4n) is 2.37. The Bertz CT molecular complexity index is 794. The van der Waals surface area contributed by atoms with Gasteiger partial charge in [0.25, 0.3) is 5.91 Å². The predicted octanol–water partition coefficient (Wildman–Crippen LogP) is 2.72. The second-order valence-corrected chi connectivity index (χ2v) is 7.33. The maximum absolute atomic E-state index is 13.0. The molecule has 0 spiro atoms. The molecule has 0 radical (unpaired) electrons. The van der Waals surface area contributed by atoms with Gasteiger partial charge in [-0.25, -0.2) is 18.9 Å². The van der Waals surface area contributed by atoms with Crippen molar-refractivity contribution in [3.8, 4) is 5.69 Å². The van der Waals surface area contributed by atoms with E-state index in [2.05, 4.69) is 15.4 Å². The summed E-state index contributed by atoms with van der Waals surface area (Å²) in [6, 6.07) is 4.58. The molecule has 2 rings (SSSR count). The van der Waals surface area contributed by atoms with E-state index in [0.29, 0.717) is 24.4 Å². The van der Waals surface area contributed by atoms with Crippen LogP contribution in [0.25, 0.3) is 5.69 Å². The maximum atomic E-state index is 13.0. The van der Waals surface area contributed by atoms with Crippen molar-refractivity contribution >= 4 is 11.9 Å². The molecule has 0 aliphatic heterocycles. The highest BCUT2D eigenvalue weighted by Crippen LogP contribution is 2.21. The van der Waals surface area contributed by atoms with E-state index >= 15 is 0 Å². The van der Waals surface area contributed by atoms with Crippen LogP contribution in [0, 0.1) is 18.2 Å². The Morgan fingerprint density at radius 2 is 1.88 bits per heavy atom. The topological polar surface area (TPSA) is 97.1 Å². The molecule has 2 aromatic rings. The lowest BCUT2D eigenvalue weighted by Gasteiger charge is -2.21. The highest BCUT2D eigenvalue weighted by molar-refractivity contribution is 5.93. The van der Waals surface area contributed by atoms with Crippen LogP contribution in [-0.2, 0) is 4.79 Å². The van der Waals surface area contributed by atoms with E-state index in [0.717, 1.165) is 0 Å². The third-order valence-corrected chi connectivity index (χ3v) is 3.83. The van der Waals surface area contributed by atoms with Gasteiger partial charge >= 0.3 is 5.97 Å². The number of amides is 1. The van der Waals surface area contributed by atoms with Gasteiger partial charge in [-0.3, -0.25) is 4.79 Å². The molecule has 140 valence electrons. The zero-order valence-corrected chi connectivity index (χ0v) is 15.3. The molecule has 1 heterocycles. The van der Waals surface area contributed by atoms with Gasteiger partial charge < -0.3 is 10.4 Å². The van der Waals surface area contributed by atoms with Gasteiger partial charge in [0.15, 0.2) is 0 Å². The first-order valence-corrected chi connectivity index (χ1v) is 8.30. The third-order valence-electron chi connectivity index (χ3n) is 3.83. The second kappa shape index (κ2) is 7.63. The van der Waals surface area contributed by atoms with Crippen molar-refractivity contribution in [2.24, 2.45) is 5.41 Å². The zero-order valence-electron chi connectivity index (χ0n) is 15.3. The van der Waals surface area contributed by atoms with Crippen LogP contribution in [0.5, 0.6) is 0 Å². The number of hydrogen-bond acceptors (Lipinski definition) is 4. The number of rotatable bonds is 6. The number of carbonyl (C=O) groups is 2. The van der Waals surface area contributed by atoms with Crippen molar-refractivity contribution in [2.75, 3.05) is 0 Å². The van der Waals surface area contributed by atoms with Crippen LogP contribution < -0.4 is 5.32 Å². The zero-order chi connectivity index (χ0) is 19.5. The number of nitrogens with zero attached hydrogens (tertiary/aromatic N) is 3. The van der Waals surface area contributed by atoms with Crippen LogP contribution in [0.4, 0.5) is 4.39 Å². The number of carboxylic acid groups (broad SMARTS) is 1. The van der Waals surface area contributed by atoms with Crippen molar-refractivity contribution in [3.05, 3.63) is 41.7 Å². The molecule has 0 saturated heterocycles. The van der Waals surface area contributed by atoms with E-state index in [1.165, 1.54) is 28.9 Å². The lowest BCUT2D eigenvalue weighted by molar-refractivity contribution is -0.139. The summed E-state index contributed by atoms with van der Waals surface area (Å²) in [6.45, 7) is 7.66. The minimum atomic E-state index is -1.10. The van der Waals surface area contributed by atoms with Crippen molar-refractivity contribution in [2.45, 2.75) is 46.6 Å². The minimum Gasteiger partial charge on any atom is -0.480 e. The summed E-state index contributed by atoms with van der Waals surface area (Å²) < 4.78 is 14.4. The number of carbonyl (C=O) groups excluding carboxylic acids is 1. The standard InChI is InChI=1S/C18H23FN4O3/c1-11-20-15(22-23(11)13-7-5-12(19)6-8-13)16(24)21-14(17(25)26)9-10-18(2,3)4/h5-8,14H,9-10H2,1-4H3,(H,21,24)(H,25,26). The molecule has 1 amide bonds. The van der Waals surface area contributed by atoms with Gasteiger partial charge in [-0.1, -0.05) is 20.8 Å². The molecule has 26 heavy (non-hydrogen) atoms. The van der Waals surface area contributed by atoms with Crippen LogP contribution in [-0.4, -0.2) is 37.8 Å². The average molecular weight is 362 g/mol. The molecule has 1 aromatic heterocycles. The van der Waals surface area contributed by atoms with Crippen molar-refractivity contribution in [1.29, 1.82) is 0 Å². The largest absolute Gasteiger partial charge is 0.480 e. The number of nitrogens with one attached hydrogen (secondary N) is 1. The summed E-state index contributed by atoms with van der Waals surface area (Å²) in [5.41, 5.74) is 0.509.